The molecule has 1 aromatic heterocycles. The van der Waals surface area contributed by atoms with E-state index in [-0.39, 0.29) is 23.4 Å². The molecule has 0 saturated carbocycles. The SMILES string of the molecule is CC(C)CC(=O)NC(C(=O)NNC(=O)c1cc(-c2ccccc2)n[nH]1)C(C)C. The molecular weight excluding hydrogens is 358 g/mol. The van der Waals surface area contributed by atoms with Crippen molar-refractivity contribution in [3.63, 3.8) is 0 Å². The summed E-state index contributed by atoms with van der Waals surface area (Å²) >= 11 is 0. The number of carbonyl (C=O) groups is 3. The van der Waals surface area contributed by atoms with Gasteiger partial charge in [-0.2, -0.15) is 5.10 Å². The highest BCUT2D eigenvalue weighted by Gasteiger charge is 2.25. The number of nitrogens with one attached hydrogen (secondary N) is 4. The molecule has 0 fully saturated rings. The van der Waals surface area contributed by atoms with Crippen LogP contribution in [0.15, 0.2) is 36.4 Å². The lowest BCUT2D eigenvalue weighted by molar-refractivity contribution is -0.130. The van der Waals surface area contributed by atoms with Crippen LogP contribution in [0.25, 0.3) is 11.3 Å². The van der Waals surface area contributed by atoms with Crippen molar-refractivity contribution in [3.05, 3.63) is 42.1 Å². The number of amides is 3. The van der Waals surface area contributed by atoms with Crippen molar-refractivity contribution in [2.75, 3.05) is 0 Å². The highest BCUT2D eigenvalue weighted by Crippen LogP contribution is 2.16. The molecular formula is C20H27N5O3. The Morgan fingerprint density at radius 3 is 2.32 bits per heavy atom. The molecule has 2 rings (SSSR count). The van der Waals surface area contributed by atoms with E-state index >= 15 is 0 Å². The Balaban J connectivity index is 1.94. The average Bonchev–Trinajstić information content (AvgIpc) is 3.14. The second-order valence-corrected chi connectivity index (χ2v) is 7.36. The molecule has 3 amide bonds. The number of nitrogens with zero attached hydrogens (tertiary/aromatic N) is 1. The van der Waals surface area contributed by atoms with Crippen molar-refractivity contribution in [1.29, 1.82) is 0 Å². The molecule has 0 aliphatic heterocycles. The number of hydrogen-bond acceptors (Lipinski definition) is 4. The third-order valence-electron chi connectivity index (χ3n) is 4.05. The number of hydrazine groups is 1. The van der Waals surface area contributed by atoms with E-state index in [0.29, 0.717) is 12.1 Å². The van der Waals surface area contributed by atoms with E-state index in [1.54, 1.807) is 6.07 Å². The van der Waals surface area contributed by atoms with E-state index in [1.165, 1.54) is 0 Å². The first kappa shape index (κ1) is 21.1. The first-order valence-electron chi connectivity index (χ1n) is 9.28. The molecule has 0 bridgehead atoms. The molecule has 1 unspecified atom stereocenters. The number of aromatic nitrogens is 2. The largest absolute Gasteiger partial charge is 0.344 e. The van der Waals surface area contributed by atoms with Gasteiger partial charge in [0.05, 0.1) is 5.69 Å². The summed E-state index contributed by atoms with van der Waals surface area (Å²) in [5, 5.41) is 9.47. The third-order valence-corrected chi connectivity index (χ3v) is 4.05. The van der Waals surface area contributed by atoms with Crippen LogP contribution in [0.2, 0.25) is 0 Å². The molecule has 4 N–H and O–H groups in total. The van der Waals surface area contributed by atoms with Crippen molar-refractivity contribution < 1.29 is 14.4 Å². The van der Waals surface area contributed by atoms with Gasteiger partial charge in [0, 0.05) is 12.0 Å². The number of H-pyrrole nitrogens is 1. The minimum atomic E-state index is -0.742. The first-order chi connectivity index (χ1) is 13.3. The van der Waals surface area contributed by atoms with Crippen LogP contribution in [-0.2, 0) is 9.59 Å². The quantitative estimate of drug-likeness (QED) is 0.546. The molecule has 8 heteroatoms. The maximum Gasteiger partial charge on any atom is 0.287 e. The van der Waals surface area contributed by atoms with E-state index < -0.39 is 17.9 Å². The topological polar surface area (TPSA) is 116 Å². The van der Waals surface area contributed by atoms with Gasteiger partial charge in [0.25, 0.3) is 11.8 Å². The third kappa shape index (κ3) is 5.94. The molecule has 0 aliphatic carbocycles. The fourth-order valence-corrected chi connectivity index (χ4v) is 2.60. The van der Waals surface area contributed by atoms with E-state index in [2.05, 4.69) is 26.4 Å². The molecule has 1 atom stereocenters. The Kier molecular flexibility index (Phi) is 7.31. The average molecular weight is 385 g/mol. The summed E-state index contributed by atoms with van der Waals surface area (Å²) in [6.45, 7) is 7.50. The van der Waals surface area contributed by atoms with Crippen LogP contribution in [0.5, 0.6) is 0 Å². The van der Waals surface area contributed by atoms with Gasteiger partial charge in [0.1, 0.15) is 11.7 Å². The van der Waals surface area contributed by atoms with Crippen molar-refractivity contribution in [1.82, 2.24) is 26.4 Å². The molecule has 1 aromatic carbocycles. The molecule has 0 radical (unpaired) electrons. The Hall–Kier alpha value is -3.16. The van der Waals surface area contributed by atoms with Gasteiger partial charge < -0.3 is 5.32 Å². The van der Waals surface area contributed by atoms with Gasteiger partial charge in [-0.05, 0) is 17.9 Å². The van der Waals surface area contributed by atoms with Crippen molar-refractivity contribution in [2.24, 2.45) is 11.8 Å². The minimum absolute atomic E-state index is 0.134. The molecule has 28 heavy (non-hydrogen) atoms. The monoisotopic (exact) mass is 385 g/mol. The van der Waals surface area contributed by atoms with E-state index in [0.717, 1.165) is 5.56 Å². The molecule has 150 valence electrons. The highest BCUT2D eigenvalue weighted by molar-refractivity contribution is 5.95. The Morgan fingerprint density at radius 1 is 1.04 bits per heavy atom. The van der Waals surface area contributed by atoms with Crippen LogP contribution < -0.4 is 16.2 Å². The molecule has 0 spiro atoms. The Morgan fingerprint density at radius 2 is 1.71 bits per heavy atom. The molecule has 8 nitrogen and oxygen atoms in total. The summed E-state index contributed by atoms with van der Waals surface area (Å²) in [5.41, 5.74) is 6.43. The number of benzene rings is 1. The predicted octanol–water partition coefficient (Wildman–Crippen LogP) is 2.02. The van der Waals surface area contributed by atoms with E-state index in [4.69, 9.17) is 0 Å². The summed E-state index contributed by atoms with van der Waals surface area (Å²) in [5.74, 6) is -1.15. The van der Waals surface area contributed by atoms with Crippen LogP contribution in [0, 0.1) is 11.8 Å². The summed E-state index contributed by atoms with van der Waals surface area (Å²) in [6, 6.07) is 10.3. The highest BCUT2D eigenvalue weighted by atomic mass is 16.2. The number of rotatable bonds is 7. The number of aromatic amines is 1. The molecule has 0 aliphatic rings. The fourth-order valence-electron chi connectivity index (χ4n) is 2.60. The second kappa shape index (κ2) is 9.68. The fraction of sp³-hybridized carbons (Fsp3) is 0.400. The minimum Gasteiger partial charge on any atom is -0.344 e. The van der Waals surface area contributed by atoms with Gasteiger partial charge in [0.2, 0.25) is 5.91 Å². The number of hydrogen-bond donors (Lipinski definition) is 4. The Labute approximate surface area is 164 Å². The van der Waals surface area contributed by atoms with Gasteiger partial charge >= 0.3 is 0 Å². The van der Waals surface area contributed by atoms with Gasteiger partial charge in [-0.25, -0.2) is 0 Å². The number of carbonyl (C=O) groups excluding carboxylic acids is 3. The van der Waals surface area contributed by atoms with E-state index in [9.17, 15) is 14.4 Å². The standard InChI is InChI=1S/C20H27N5O3/c1-12(2)10-17(26)21-18(13(3)4)20(28)25-24-19(27)16-11-15(22-23-16)14-8-6-5-7-9-14/h5-9,11-13,18H,10H2,1-4H3,(H,21,26)(H,22,23)(H,24,27)(H,25,28). The second-order valence-electron chi connectivity index (χ2n) is 7.36. The van der Waals surface area contributed by atoms with Crippen molar-refractivity contribution in [3.8, 4) is 11.3 Å². The van der Waals surface area contributed by atoms with Gasteiger partial charge in [-0.1, -0.05) is 58.0 Å². The Bertz CT molecular complexity index is 814. The van der Waals surface area contributed by atoms with Crippen LogP contribution in [0.1, 0.15) is 44.6 Å². The zero-order valence-corrected chi connectivity index (χ0v) is 16.6. The predicted molar refractivity (Wildman–Crippen MR) is 106 cm³/mol. The zero-order chi connectivity index (χ0) is 20.7. The van der Waals surface area contributed by atoms with Gasteiger partial charge in [-0.3, -0.25) is 30.3 Å². The van der Waals surface area contributed by atoms with Crippen LogP contribution in [-0.4, -0.2) is 34.0 Å². The summed E-state index contributed by atoms with van der Waals surface area (Å²) < 4.78 is 0. The van der Waals surface area contributed by atoms with Crippen molar-refractivity contribution in [2.45, 2.75) is 40.2 Å². The van der Waals surface area contributed by atoms with E-state index in [1.807, 2.05) is 58.0 Å². The lowest BCUT2D eigenvalue weighted by atomic mass is 10.0. The zero-order valence-electron chi connectivity index (χ0n) is 16.6. The molecule has 0 saturated heterocycles. The molecule has 1 heterocycles. The van der Waals surface area contributed by atoms with Crippen LogP contribution in [0.3, 0.4) is 0 Å². The smallest absolute Gasteiger partial charge is 0.287 e. The first-order valence-corrected chi connectivity index (χ1v) is 9.28. The lowest BCUT2D eigenvalue weighted by Gasteiger charge is -2.22. The van der Waals surface area contributed by atoms with Gasteiger partial charge in [0.15, 0.2) is 0 Å². The normalized spacial score (nSPS) is 11.9. The van der Waals surface area contributed by atoms with Crippen molar-refractivity contribution >= 4 is 17.7 Å². The summed E-state index contributed by atoms with van der Waals surface area (Å²) in [6.07, 6.45) is 0.333. The molecule has 2 aromatic rings. The maximum absolute atomic E-state index is 12.4. The summed E-state index contributed by atoms with van der Waals surface area (Å²) in [4.78, 5) is 36.6. The maximum atomic E-state index is 12.4. The summed E-state index contributed by atoms with van der Waals surface area (Å²) in [7, 11) is 0. The lowest BCUT2D eigenvalue weighted by Crippen LogP contribution is -2.54. The van der Waals surface area contributed by atoms with Gasteiger partial charge in [-0.15, -0.1) is 0 Å². The van der Waals surface area contributed by atoms with Crippen LogP contribution in [0.4, 0.5) is 0 Å². The van der Waals surface area contributed by atoms with Crippen LogP contribution >= 0.6 is 0 Å².